The van der Waals surface area contributed by atoms with E-state index in [1.807, 2.05) is 0 Å². The predicted octanol–water partition coefficient (Wildman–Crippen LogP) is 3.48. The van der Waals surface area contributed by atoms with Crippen molar-refractivity contribution in [2.45, 2.75) is 6.42 Å². The van der Waals surface area contributed by atoms with Gasteiger partial charge in [0.05, 0.1) is 17.2 Å². The summed E-state index contributed by atoms with van der Waals surface area (Å²) in [4.78, 5) is 11.8. The molecular formula is C12H14BrCl2NO2. The summed E-state index contributed by atoms with van der Waals surface area (Å²) in [6, 6.07) is 5.16. The van der Waals surface area contributed by atoms with Gasteiger partial charge in [0.15, 0.2) is 0 Å². The lowest BCUT2D eigenvalue weighted by molar-refractivity contribution is 0.0944. The summed E-state index contributed by atoms with van der Waals surface area (Å²) in [5.74, 6) is 0.311. The predicted molar refractivity (Wildman–Crippen MR) is 77.6 cm³/mol. The number of carbonyl (C=O) groups excluding carboxylic acids is 1. The third kappa shape index (κ3) is 5.57. The average Bonchev–Trinajstić information content (AvgIpc) is 2.33. The van der Waals surface area contributed by atoms with Gasteiger partial charge < -0.3 is 10.1 Å². The number of alkyl halides is 1. The molecule has 0 spiro atoms. The van der Waals surface area contributed by atoms with Crippen LogP contribution < -0.4 is 5.32 Å². The molecule has 3 nitrogen and oxygen atoms in total. The molecular weight excluding hydrogens is 341 g/mol. The van der Waals surface area contributed by atoms with Crippen LogP contribution in [0.15, 0.2) is 22.7 Å². The van der Waals surface area contributed by atoms with Crippen molar-refractivity contribution in [1.82, 2.24) is 5.32 Å². The van der Waals surface area contributed by atoms with E-state index in [4.69, 9.17) is 27.9 Å². The maximum absolute atomic E-state index is 11.8. The Balaban J connectivity index is 2.32. The normalized spacial score (nSPS) is 10.4. The number of carbonyl (C=O) groups is 1. The molecule has 1 amide bonds. The van der Waals surface area contributed by atoms with Crippen LogP contribution in [0.5, 0.6) is 0 Å². The van der Waals surface area contributed by atoms with E-state index in [9.17, 15) is 4.79 Å². The van der Waals surface area contributed by atoms with Gasteiger partial charge in [-0.1, -0.05) is 27.5 Å². The Hall–Kier alpha value is -0.290. The van der Waals surface area contributed by atoms with Crippen LogP contribution in [0.1, 0.15) is 16.8 Å². The molecule has 100 valence electrons. The molecule has 0 radical (unpaired) electrons. The van der Waals surface area contributed by atoms with Crippen molar-refractivity contribution in [3.05, 3.63) is 33.3 Å². The first-order valence-corrected chi connectivity index (χ1v) is 7.22. The number of nitrogens with one attached hydrogen (secondary N) is 1. The molecule has 1 aromatic carbocycles. The molecule has 0 unspecified atom stereocenters. The zero-order valence-electron chi connectivity index (χ0n) is 9.72. The van der Waals surface area contributed by atoms with E-state index in [-0.39, 0.29) is 5.91 Å². The standard InChI is InChI=1S/C12H14BrCl2NO2/c13-9-2-3-10(11(15)8-9)12(17)16-5-1-6-18-7-4-14/h2-3,8H,1,4-7H2,(H,16,17). The number of benzene rings is 1. The minimum absolute atomic E-state index is 0.176. The smallest absolute Gasteiger partial charge is 0.252 e. The summed E-state index contributed by atoms with van der Waals surface area (Å²) in [6.07, 6.45) is 0.747. The molecule has 0 saturated heterocycles. The fourth-order valence-electron chi connectivity index (χ4n) is 1.30. The quantitative estimate of drug-likeness (QED) is 0.601. The van der Waals surface area contributed by atoms with E-state index in [1.165, 1.54) is 0 Å². The van der Waals surface area contributed by atoms with Crippen LogP contribution in [-0.4, -0.2) is 31.5 Å². The summed E-state index contributed by atoms with van der Waals surface area (Å²) >= 11 is 14.7. The van der Waals surface area contributed by atoms with Gasteiger partial charge in [0.2, 0.25) is 0 Å². The topological polar surface area (TPSA) is 38.3 Å². The van der Waals surface area contributed by atoms with Crippen molar-refractivity contribution in [3.63, 3.8) is 0 Å². The molecule has 0 bridgehead atoms. The molecule has 0 heterocycles. The second-order valence-electron chi connectivity index (χ2n) is 3.53. The van der Waals surface area contributed by atoms with Gasteiger partial charge in [0.1, 0.15) is 0 Å². The van der Waals surface area contributed by atoms with Crippen molar-refractivity contribution in [2.24, 2.45) is 0 Å². The van der Waals surface area contributed by atoms with E-state index >= 15 is 0 Å². The van der Waals surface area contributed by atoms with Gasteiger partial charge in [0.25, 0.3) is 5.91 Å². The Bertz CT molecular complexity index is 402. The minimum atomic E-state index is -0.176. The molecule has 6 heteroatoms. The van der Waals surface area contributed by atoms with E-state index in [1.54, 1.807) is 18.2 Å². The first-order valence-electron chi connectivity index (χ1n) is 5.52. The number of halogens is 3. The third-order valence-electron chi connectivity index (χ3n) is 2.15. The van der Waals surface area contributed by atoms with E-state index in [0.29, 0.717) is 36.2 Å². The number of amides is 1. The first-order chi connectivity index (χ1) is 8.65. The fraction of sp³-hybridized carbons (Fsp3) is 0.417. The van der Waals surface area contributed by atoms with Gasteiger partial charge in [0, 0.05) is 23.5 Å². The van der Waals surface area contributed by atoms with Crippen LogP contribution in [0.25, 0.3) is 0 Å². The van der Waals surface area contributed by atoms with Gasteiger partial charge in [-0.25, -0.2) is 0 Å². The Kier molecular flexibility index (Phi) is 7.66. The van der Waals surface area contributed by atoms with Gasteiger partial charge in [-0.15, -0.1) is 11.6 Å². The van der Waals surface area contributed by atoms with E-state index in [2.05, 4.69) is 21.2 Å². The zero-order chi connectivity index (χ0) is 13.4. The maximum atomic E-state index is 11.8. The molecule has 0 aliphatic carbocycles. The molecule has 18 heavy (non-hydrogen) atoms. The van der Waals surface area contributed by atoms with Crippen molar-refractivity contribution in [2.75, 3.05) is 25.6 Å². The Labute approximate surface area is 125 Å². The van der Waals surface area contributed by atoms with E-state index in [0.717, 1.165) is 10.9 Å². The lowest BCUT2D eigenvalue weighted by Crippen LogP contribution is -2.25. The van der Waals surface area contributed by atoms with Gasteiger partial charge >= 0.3 is 0 Å². The first kappa shape index (κ1) is 15.8. The Morgan fingerprint density at radius 1 is 1.39 bits per heavy atom. The van der Waals surface area contributed by atoms with Crippen molar-refractivity contribution < 1.29 is 9.53 Å². The highest BCUT2D eigenvalue weighted by atomic mass is 79.9. The molecule has 1 N–H and O–H groups in total. The SMILES string of the molecule is O=C(NCCCOCCCl)c1ccc(Br)cc1Cl. The molecule has 0 aliphatic heterocycles. The van der Waals surface area contributed by atoms with Crippen LogP contribution >= 0.6 is 39.1 Å². The van der Waals surface area contributed by atoms with Crippen LogP contribution in [0.4, 0.5) is 0 Å². The molecule has 0 fully saturated rings. The molecule has 1 rings (SSSR count). The Morgan fingerprint density at radius 2 is 2.17 bits per heavy atom. The van der Waals surface area contributed by atoms with Crippen LogP contribution in [-0.2, 0) is 4.74 Å². The molecule has 0 aliphatic rings. The Morgan fingerprint density at radius 3 is 2.83 bits per heavy atom. The summed E-state index contributed by atoms with van der Waals surface area (Å²) in [6.45, 7) is 1.67. The molecule has 0 aromatic heterocycles. The summed E-state index contributed by atoms with van der Waals surface area (Å²) in [5.41, 5.74) is 0.474. The number of hydrogen-bond acceptors (Lipinski definition) is 2. The van der Waals surface area contributed by atoms with Crippen molar-refractivity contribution in [3.8, 4) is 0 Å². The van der Waals surface area contributed by atoms with Gasteiger partial charge in [-0.05, 0) is 24.6 Å². The number of rotatable bonds is 7. The zero-order valence-corrected chi connectivity index (χ0v) is 12.8. The second kappa shape index (κ2) is 8.75. The van der Waals surface area contributed by atoms with Crippen LogP contribution in [0.2, 0.25) is 5.02 Å². The average molecular weight is 355 g/mol. The molecule has 1 aromatic rings. The van der Waals surface area contributed by atoms with Crippen LogP contribution in [0, 0.1) is 0 Å². The monoisotopic (exact) mass is 353 g/mol. The van der Waals surface area contributed by atoms with Gasteiger partial charge in [-0.2, -0.15) is 0 Å². The largest absolute Gasteiger partial charge is 0.380 e. The highest BCUT2D eigenvalue weighted by Crippen LogP contribution is 2.21. The number of ether oxygens (including phenoxy) is 1. The molecule has 0 saturated carbocycles. The maximum Gasteiger partial charge on any atom is 0.252 e. The lowest BCUT2D eigenvalue weighted by atomic mass is 10.2. The minimum Gasteiger partial charge on any atom is -0.380 e. The highest BCUT2D eigenvalue weighted by Gasteiger charge is 2.09. The molecule has 0 atom stereocenters. The van der Waals surface area contributed by atoms with Gasteiger partial charge in [-0.3, -0.25) is 4.79 Å². The third-order valence-corrected chi connectivity index (χ3v) is 3.11. The van der Waals surface area contributed by atoms with E-state index < -0.39 is 0 Å². The number of hydrogen-bond donors (Lipinski definition) is 1. The second-order valence-corrected chi connectivity index (χ2v) is 5.24. The highest BCUT2D eigenvalue weighted by molar-refractivity contribution is 9.10. The van der Waals surface area contributed by atoms with Crippen molar-refractivity contribution >= 4 is 45.0 Å². The van der Waals surface area contributed by atoms with Crippen molar-refractivity contribution in [1.29, 1.82) is 0 Å². The lowest BCUT2D eigenvalue weighted by Gasteiger charge is -2.07. The van der Waals surface area contributed by atoms with Crippen LogP contribution in [0.3, 0.4) is 0 Å². The summed E-state index contributed by atoms with van der Waals surface area (Å²) in [7, 11) is 0. The fourth-order valence-corrected chi connectivity index (χ4v) is 2.17. The summed E-state index contributed by atoms with van der Waals surface area (Å²) < 4.78 is 6.04. The summed E-state index contributed by atoms with van der Waals surface area (Å²) in [5, 5.41) is 3.22.